The first-order valence-corrected chi connectivity index (χ1v) is 8.35. The van der Waals surface area contributed by atoms with Gasteiger partial charge in [-0.2, -0.15) is 0 Å². The standard InChI is InChI=1S/C14H16ClN3O2S/c1-2-8-16-14-7-6-12(10-17-14)18-21(19,20)13-5-3-4-11(15)9-13/h3-7,9-10,18H,2,8H2,1H3,(H,16,17). The number of anilines is 2. The molecule has 112 valence electrons. The lowest BCUT2D eigenvalue weighted by Crippen LogP contribution is -2.13. The number of aromatic nitrogens is 1. The number of sulfonamides is 1. The van der Waals surface area contributed by atoms with Crippen molar-refractivity contribution in [1.29, 1.82) is 0 Å². The zero-order valence-corrected chi connectivity index (χ0v) is 13.1. The maximum Gasteiger partial charge on any atom is 0.261 e. The lowest BCUT2D eigenvalue weighted by Gasteiger charge is -2.09. The Bertz CT molecular complexity index is 702. The molecule has 5 nitrogen and oxygen atoms in total. The lowest BCUT2D eigenvalue weighted by atomic mass is 10.4. The van der Waals surface area contributed by atoms with E-state index >= 15 is 0 Å². The van der Waals surface area contributed by atoms with Crippen molar-refractivity contribution >= 4 is 33.1 Å². The van der Waals surface area contributed by atoms with Gasteiger partial charge in [-0.05, 0) is 36.8 Å². The Morgan fingerprint density at radius 3 is 2.67 bits per heavy atom. The molecule has 0 aliphatic heterocycles. The second kappa shape index (κ2) is 6.78. The van der Waals surface area contributed by atoms with Crippen LogP contribution in [0.3, 0.4) is 0 Å². The van der Waals surface area contributed by atoms with E-state index < -0.39 is 10.0 Å². The fourth-order valence-corrected chi connectivity index (χ4v) is 3.00. The molecule has 1 aromatic carbocycles. The molecule has 21 heavy (non-hydrogen) atoms. The smallest absolute Gasteiger partial charge is 0.261 e. The summed E-state index contributed by atoms with van der Waals surface area (Å²) in [5.74, 6) is 0.711. The molecule has 2 rings (SSSR count). The minimum absolute atomic E-state index is 0.114. The summed E-state index contributed by atoms with van der Waals surface area (Å²) in [6.07, 6.45) is 2.46. The van der Waals surface area contributed by atoms with Gasteiger partial charge < -0.3 is 5.32 Å². The van der Waals surface area contributed by atoms with Crippen LogP contribution in [0.4, 0.5) is 11.5 Å². The summed E-state index contributed by atoms with van der Waals surface area (Å²) >= 11 is 5.81. The van der Waals surface area contributed by atoms with Crippen LogP contribution in [0.25, 0.3) is 0 Å². The molecule has 1 heterocycles. The van der Waals surface area contributed by atoms with E-state index in [0.29, 0.717) is 16.5 Å². The lowest BCUT2D eigenvalue weighted by molar-refractivity contribution is 0.601. The number of nitrogens with one attached hydrogen (secondary N) is 2. The number of hydrogen-bond donors (Lipinski definition) is 2. The molecule has 0 saturated heterocycles. The van der Waals surface area contributed by atoms with Gasteiger partial charge in [-0.25, -0.2) is 13.4 Å². The Hall–Kier alpha value is -1.79. The minimum atomic E-state index is -3.66. The van der Waals surface area contributed by atoms with Gasteiger partial charge in [0.25, 0.3) is 10.0 Å². The van der Waals surface area contributed by atoms with Crippen molar-refractivity contribution in [2.75, 3.05) is 16.6 Å². The Morgan fingerprint density at radius 1 is 1.24 bits per heavy atom. The van der Waals surface area contributed by atoms with Crippen molar-refractivity contribution in [2.45, 2.75) is 18.2 Å². The molecule has 7 heteroatoms. The summed E-state index contributed by atoms with van der Waals surface area (Å²) in [5.41, 5.74) is 0.400. The van der Waals surface area contributed by atoms with Gasteiger partial charge in [-0.3, -0.25) is 4.72 Å². The number of nitrogens with zero attached hydrogens (tertiary/aromatic N) is 1. The molecular weight excluding hydrogens is 310 g/mol. The molecule has 0 aliphatic carbocycles. The third kappa shape index (κ3) is 4.34. The van der Waals surface area contributed by atoms with Gasteiger partial charge in [-0.15, -0.1) is 0 Å². The molecule has 2 N–H and O–H groups in total. The van der Waals surface area contributed by atoms with Gasteiger partial charge in [0.15, 0.2) is 0 Å². The molecule has 0 atom stereocenters. The Morgan fingerprint density at radius 2 is 2.05 bits per heavy atom. The van der Waals surface area contributed by atoms with E-state index in [1.54, 1.807) is 24.3 Å². The molecule has 0 unspecified atom stereocenters. The van der Waals surface area contributed by atoms with Crippen LogP contribution in [0.1, 0.15) is 13.3 Å². The van der Waals surface area contributed by atoms with Crippen LogP contribution >= 0.6 is 11.6 Å². The molecule has 0 fully saturated rings. The Labute approximate surface area is 129 Å². The van der Waals surface area contributed by atoms with E-state index in [1.807, 2.05) is 0 Å². The highest BCUT2D eigenvalue weighted by Gasteiger charge is 2.14. The van der Waals surface area contributed by atoms with Crippen LogP contribution in [0.2, 0.25) is 5.02 Å². The van der Waals surface area contributed by atoms with Gasteiger partial charge in [0.2, 0.25) is 0 Å². The summed E-state index contributed by atoms with van der Waals surface area (Å²) in [5, 5.41) is 3.49. The summed E-state index contributed by atoms with van der Waals surface area (Å²) < 4.78 is 26.9. The quantitative estimate of drug-likeness (QED) is 0.854. The minimum Gasteiger partial charge on any atom is -0.370 e. The highest BCUT2D eigenvalue weighted by Crippen LogP contribution is 2.19. The number of benzene rings is 1. The molecule has 0 amide bonds. The third-order valence-corrected chi connectivity index (χ3v) is 4.29. The number of halogens is 1. The largest absolute Gasteiger partial charge is 0.370 e. The third-order valence-electron chi connectivity index (χ3n) is 2.68. The summed E-state index contributed by atoms with van der Waals surface area (Å²) in [4.78, 5) is 4.26. The average molecular weight is 326 g/mol. The van der Waals surface area contributed by atoms with Crippen LogP contribution in [0, 0.1) is 0 Å². The number of pyridine rings is 1. The summed E-state index contributed by atoms with van der Waals surface area (Å²) in [6.45, 7) is 2.88. The molecule has 0 spiro atoms. The van der Waals surface area contributed by atoms with E-state index in [-0.39, 0.29) is 4.90 Å². The van der Waals surface area contributed by atoms with Crippen molar-refractivity contribution in [3.8, 4) is 0 Å². The predicted octanol–water partition coefficient (Wildman–Crippen LogP) is 3.36. The topological polar surface area (TPSA) is 71.1 Å². The zero-order chi connectivity index (χ0) is 15.3. The summed E-state index contributed by atoms with van der Waals surface area (Å²) in [7, 11) is -3.66. The maximum absolute atomic E-state index is 12.2. The fourth-order valence-electron chi connectivity index (χ4n) is 1.66. The zero-order valence-electron chi connectivity index (χ0n) is 11.5. The molecule has 1 aromatic heterocycles. The first kappa shape index (κ1) is 15.6. The number of rotatable bonds is 6. The molecular formula is C14H16ClN3O2S. The summed E-state index contributed by atoms with van der Waals surface area (Å²) in [6, 6.07) is 9.48. The Balaban J connectivity index is 2.13. The van der Waals surface area contributed by atoms with Gasteiger partial charge in [-0.1, -0.05) is 24.6 Å². The van der Waals surface area contributed by atoms with E-state index in [4.69, 9.17) is 11.6 Å². The van der Waals surface area contributed by atoms with Crippen molar-refractivity contribution in [3.63, 3.8) is 0 Å². The van der Waals surface area contributed by atoms with Crippen molar-refractivity contribution < 1.29 is 8.42 Å². The normalized spacial score (nSPS) is 11.1. The second-order valence-corrected chi connectivity index (χ2v) is 6.54. The maximum atomic E-state index is 12.2. The molecule has 2 aromatic rings. The highest BCUT2D eigenvalue weighted by atomic mass is 35.5. The Kier molecular flexibility index (Phi) is 5.03. The highest BCUT2D eigenvalue weighted by molar-refractivity contribution is 7.92. The fraction of sp³-hybridized carbons (Fsp3) is 0.214. The molecule has 0 saturated carbocycles. The van der Waals surface area contributed by atoms with Gasteiger partial charge >= 0.3 is 0 Å². The monoisotopic (exact) mass is 325 g/mol. The van der Waals surface area contributed by atoms with E-state index in [1.165, 1.54) is 18.3 Å². The van der Waals surface area contributed by atoms with Gasteiger partial charge in [0.1, 0.15) is 5.82 Å². The van der Waals surface area contributed by atoms with Crippen molar-refractivity contribution in [3.05, 3.63) is 47.6 Å². The van der Waals surface area contributed by atoms with Crippen LogP contribution in [-0.2, 0) is 10.0 Å². The van der Waals surface area contributed by atoms with Crippen LogP contribution < -0.4 is 10.0 Å². The SMILES string of the molecule is CCCNc1ccc(NS(=O)(=O)c2cccc(Cl)c2)cn1. The van der Waals surface area contributed by atoms with Crippen LogP contribution in [-0.4, -0.2) is 19.9 Å². The second-order valence-electron chi connectivity index (χ2n) is 4.42. The van der Waals surface area contributed by atoms with Crippen LogP contribution in [0.15, 0.2) is 47.5 Å². The van der Waals surface area contributed by atoms with Gasteiger partial charge in [0.05, 0.1) is 16.8 Å². The van der Waals surface area contributed by atoms with Crippen LogP contribution in [0.5, 0.6) is 0 Å². The molecule has 0 bridgehead atoms. The van der Waals surface area contributed by atoms with Crippen molar-refractivity contribution in [1.82, 2.24) is 4.98 Å². The van der Waals surface area contributed by atoms with E-state index in [2.05, 4.69) is 21.9 Å². The molecule has 0 aliphatic rings. The first-order valence-electron chi connectivity index (χ1n) is 6.49. The average Bonchev–Trinajstić information content (AvgIpc) is 2.46. The predicted molar refractivity (Wildman–Crippen MR) is 85.3 cm³/mol. The molecule has 0 radical (unpaired) electrons. The van der Waals surface area contributed by atoms with E-state index in [9.17, 15) is 8.42 Å². The number of hydrogen-bond acceptors (Lipinski definition) is 4. The first-order chi connectivity index (χ1) is 10.0. The van der Waals surface area contributed by atoms with Gasteiger partial charge in [0, 0.05) is 11.6 Å². The van der Waals surface area contributed by atoms with E-state index in [0.717, 1.165) is 13.0 Å². The van der Waals surface area contributed by atoms with Crippen molar-refractivity contribution in [2.24, 2.45) is 0 Å².